The van der Waals surface area contributed by atoms with Crippen molar-refractivity contribution in [2.75, 3.05) is 13.1 Å². The molecule has 0 aromatic rings. The fourth-order valence-corrected chi connectivity index (χ4v) is 1.98. The molecule has 2 N–H and O–H groups in total. The summed E-state index contributed by atoms with van der Waals surface area (Å²) in [4.78, 5) is 22.4. The zero-order valence-electron chi connectivity index (χ0n) is 6.80. The van der Waals surface area contributed by atoms with Gasteiger partial charge in [-0.15, -0.1) is 0 Å². The average molecular weight is 168 g/mol. The molecule has 0 bridgehead atoms. The summed E-state index contributed by atoms with van der Waals surface area (Å²) in [5.74, 6) is -0.276. The number of rotatable bonds is 0. The van der Waals surface area contributed by atoms with Crippen LogP contribution in [-0.2, 0) is 9.59 Å². The van der Waals surface area contributed by atoms with Crippen LogP contribution in [-0.4, -0.2) is 24.9 Å². The highest BCUT2D eigenvalue weighted by atomic mass is 16.2. The van der Waals surface area contributed by atoms with Crippen LogP contribution >= 0.6 is 0 Å². The highest BCUT2D eigenvalue weighted by molar-refractivity contribution is 6.05. The van der Waals surface area contributed by atoms with Gasteiger partial charge in [-0.05, 0) is 25.9 Å². The molecule has 2 unspecified atom stereocenters. The van der Waals surface area contributed by atoms with E-state index in [4.69, 9.17) is 0 Å². The summed E-state index contributed by atoms with van der Waals surface area (Å²) in [6, 6.07) is 0. The monoisotopic (exact) mass is 168 g/mol. The molecule has 2 saturated heterocycles. The van der Waals surface area contributed by atoms with Gasteiger partial charge >= 0.3 is 0 Å². The van der Waals surface area contributed by atoms with Crippen molar-refractivity contribution in [3.8, 4) is 0 Å². The lowest BCUT2D eigenvalue weighted by molar-refractivity contribution is -0.126. The third-order valence-corrected chi connectivity index (χ3v) is 2.67. The lowest BCUT2D eigenvalue weighted by Gasteiger charge is -2.08. The highest BCUT2D eigenvalue weighted by Crippen LogP contribution is 2.26. The molecule has 12 heavy (non-hydrogen) atoms. The van der Waals surface area contributed by atoms with Gasteiger partial charge in [-0.2, -0.15) is 0 Å². The van der Waals surface area contributed by atoms with Crippen LogP contribution in [0.4, 0.5) is 0 Å². The van der Waals surface area contributed by atoms with E-state index in [-0.39, 0.29) is 23.7 Å². The van der Waals surface area contributed by atoms with Crippen molar-refractivity contribution in [2.45, 2.75) is 12.8 Å². The molecular formula is C8H12N2O2. The first-order valence-corrected chi connectivity index (χ1v) is 4.34. The van der Waals surface area contributed by atoms with E-state index >= 15 is 0 Å². The Bertz CT molecular complexity index is 205. The van der Waals surface area contributed by atoms with Gasteiger partial charge in [-0.3, -0.25) is 14.9 Å². The molecule has 0 aliphatic carbocycles. The Hall–Kier alpha value is -0.900. The predicted octanol–water partition coefficient (Wildman–Crippen LogP) is -0.741. The van der Waals surface area contributed by atoms with Crippen LogP contribution in [0, 0.1) is 11.8 Å². The van der Waals surface area contributed by atoms with Gasteiger partial charge in [0.1, 0.15) is 0 Å². The van der Waals surface area contributed by atoms with Gasteiger partial charge in [0.05, 0.1) is 11.8 Å². The molecule has 2 fully saturated rings. The van der Waals surface area contributed by atoms with Gasteiger partial charge < -0.3 is 5.32 Å². The van der Waals surface area contributed by atoms with E-state index < -0.39 is 0 Å². The molecular weight excluding hydrogens is 156 g/mol. The van der Waals surface area contributed by atoms with Crippen molar-refractivity contribution in [1.82, 2.24) is 10.6 Å². The summed E-state index contributed by atoms with van der Waals surface area (Å²) in [5.41, 5.74) is 0. The summed E-state index contributed by atoms with van der Waals surface area (Å²) in [5, 5.41) is 5.57. The number of hydrogen-bond donors (Lipinski definition) is 2. The molecule has 2 amide bonds. The van der Waals surface area contributed by atoms with E-state index in [1.807, 2.05) is 0 Å². The Kier molecular flexibility index (Phi) is 1.84. The quantitative estimate of drug-likeness (QED) is 0.468. The molecule has 2 atom stereocenters. The molecule has 4 nitrogen and oxygen atoms in total. The van der Waals surface area contributed by atoms with E-state index in [1.54, 1.807) is 0 Å². The molecule has 66 valence electrons. The molecule has 0 spiro atoms. The fraction of sp³-hybridized carbons (Fsp3) is 0.750. The van der Waals surface area contributed by atoms with Crippen molar-refractivity contribution in [2.24, 2.45) is 11.8 Å². The molecule has 4 heteroatoms. The summed E-state index contributed by atoms with van der Waals surface area (Å²) < 4.78 is 0. The lowest BCUT2D eigenvalue weighted by Crippen LogP contribution is -2.25. The maximum atomic E-state index is 11.2. The zero-order valence-corrected chi connectivity index (χ0v) is 6.80. The van der Waals surface area contributed by atoms with Crippen LogP contribution in [0.2, 0.25) is 0 Å². The Morgan fingerprint density at radius 2 is 1.50 bits per heavy atom. The topological polar surface area (TPSA) is 58.2 Å². The number of nitrogens with one attached hydrogen (secondary N) is 2. The fourth-order valence-electron chi connectivity index (χ4n) is 1.98. The summed E-state index contributed by atoms with van der Waals surface area (Å²) in [6.45, 7) is 1.70. The number of imide groups is 1. The maximum absolute atomic E-state index is 11.2. The number of hydrogen-bond acceptors (Lipinski definition) is 3. The van der Waals surface area contributed by atoms with Crippen LogP contribution in [0.15, 0.2) is 0 Å². The first-order valence-electron chi connectivity index (χ1n) is 4.34. The minimum atomic E-state index is -0.0753. The first-order chi connectivity index (χ1) is 5.79. The second kappa shape index (κ2) is 2.86. The Labute approximate surface area is 70.7 Å². The number of amides is 2. The van der Waals surface area contributed by atoms with Gasteiger partial charge in [0, 0.05) is 0 Å². The molecule has 0 radical (unpaired) electrons. The van der Waals surface area contributed by atoms with Crippen LogP contribution in [0.25, 0.3) is 0 Å². The lowest BCUT2D eigenvalue weighted by atomic mass is 9.91. The van der Waals surface area contributed by atoms with Crippen LogP contribution in [0.3, 0.4) is 0 Å². The number of fused-ring (bicyclic) bond motifs is 1. The van der Waals surface area contributed by atoms with Crippen LogP contribution in [0.5, 0.6) is 0 Å². The van der Waals surface area contributed by atoms with E-state index in [1.165, 1.54) is 0 Å². The minimum absolute atomic E-state index is 0.0625. The summed E-state index contributed by atoms with van der Waals surface area (Å²) >= 11 is 0. The first kappa shape index (κ1) is 7.73. The van der Waals surface area contributed by atoms with Gasteiger partial charge in [-0.25, -0.2) is 0 Å². The summed E-state index contributed by atoms with van der Waals surface area (Å²) in [6.07, 6.45) is 1.59. The average Bonchev–Trinajstić information content (AvgIpc) is 2.29. The SMILES string of the molecule is O=C1NC(=O)C2CCNCCC12. The molecule has 0 saturated carbocycles. The normalized spacial score (nSPS) is 35.7. The van der Waals surface area contributed by atoms with Crippen molar-refractivity contribution in [1.29, 1.82) is 0 Å². The Balaban J connectivity index is 2.17. The summed E-state index contributed by atoms with van der Waals surface area (Å²) in [7, 11) is 0. The van der Waals surface area contributed by atoms with Crippen molar-refractivity contribution >= 4 is 11.8 Å². The third kappa shape index (κ3) is 1.12. The van der Waals surface area contributed by atoms with Crippen molar-refractivity contribution < 1.29 is 9.59 Å². The molecule has 2 heterocycles. The van der Waals surface area contributed by atoms with Gasteiger partial charge in [0.2, 0.25) is 11.8 Å². The van der Waals surface area contributed by atoms with E-state index in [9.17, 15) is 9.59 Å². The smallest absolute Gasteiger partial charge is 0.230 e. The third-order valence-electron chi connectivity index (χ3n) is 2.67. The van der Waals surface area contributed by atoms with Gasteiger partial charge in [0.15, 0.2) is 0 Å². The second-order valence-corrected chi connectivity index (χ2v) is 3.39. The highest BCUT2D eigenvalue weighted by Gasteiger charge is 2.41. The number of carbonyl (C=O) groups excluding carboxylic acids is 2. The molecule has 2 aliphatic rings. The Morgan fingerprint density at radius 3 is 2.00 bits per heavy atom. The Morgan fingerprint density at radius 1 is 1.00 bits per heavy atom. The standard InChI is InChI=1S/C8H12N2O2/c11-7-5-1-3-9-4-2-6(5)8(12)10-7/h5-6,9H,1-4H2,(H,10,11,12). The number of carbonyl (C=O) groups is 2. The maximum Gasteiger partial charge on any atom is 0.230 e. The van der Waals surface area contributed by atoms with Crippen LogP contribution in [0.1, 0.15) is 12.8 Å². The van der Waals surface area contributed by atoms with Gasteiger partial charge in [-0.1, -0.05) is 0 Å². The largest absolute Gasteiger partial charge is 0.317 e. The van der Waals surface area contributed by atoms with Crippen LogP contribution < -0.4 is 10.6 Å². The zero-order chi connectivity index (χ0) is 8.55. The molecule has 2 aliphatic heterocycles. The predicted molar refractivity (Wildman–Crippen MR) is 42.2 cm³/mol. The molecule has 2 rings (SSSR count). The van der Waals surface area contributed by atoms with E-state index in [0.717, 1.165) is 25.9 Å². The van der Waals surface area contributed by atoms with Gasteiger partial charge in [0.25, 0.3) is 0 Å². The van der Waals surface area contributed by atoms with E-state index in [0.29, 0.717) is 0 Å². The van der Waals surface area contributed by atoms with Crippen molar-refractivity contribution in [3.05, 3.63) is 0 Å². The van der Waals surface area contributed by atoms with E-state index in [2.05, 4.69) is 10.6 Å². The van der Waals surface area contributed by atoms with Crippen molar-refractivity contribution in [3.63, 3.8) is 0 Å². The second-order valence-electron chi connectivity index (χ2n) is 3.39. The molecule has 0 aromatic heterocycles. The minimum Gasteiger partial charge on any atom is -0.317 e. The molecule has 0 aromatic carbocycles.